The van der Waals surface area contributed by atoms with Gasteiger partial charge in [0.05, 0.1) is 0 Å². The van der Waals surface area contributed by atoms with Crippen LogP contribution in [0.15, 0.2) is 30.3 Å². The van der Waals surface area contributed by atoms with Crippen molar-refractivity contribution in [3.05, 3.63) is 35.9 Å². The summed E-state index contributed by atoms with van der Waals surface area (Å²) in [5.41, 5.74) is 1.12. The minimum absolute atomic E-state index is 0.0612. The Morgan fingerprint density at radius 1 is 1.38 bits per heavy atom. The largest absolute Gasteiger partial charge is 0.303 e. The molecule has 0 aromatic heterocycles. The molecule has 0 unspecified atom stereocenters. The molecule has 0 radical (unpaired) electrons. The molecule has 1 rings (SSSR count). The van der Waals surface area contributed by atoms with Crippen molar-refractivity contribution in [3.63, 3.8) is 0 Å². The second-order valence-electron chi connectivity index (χ2n) is 2.81. The van der Waals surface area contributed by atoms with Gasteiger partial charge >= 0.3 is 0 Å². The summed E-state index contributed by atoms with van der Waals surface area (Å²) < 4.78 is 0. The van der Waals surface area contributed by atoms with Crippen LogP contribution in [0.25, 0.3) is 0 Å². The fourth-order valence-corrected chi connectivity index (χ4v) is 1.92. The average Bonchev–Trinajstić information content (AvgIpc) is 2.21. The first-order chi connectivity index (χ1) is 6.38. The maximum atomic E-state index is 10.8. The summed E-state index contributed by atoms with van der Waals surface area (Å²) in [5.74, 6) is 2.02. The third kappa shape index (κ3) is 3.23. The van der Waals surface area contributed by atoms with Crippen LogP contribution in [0.3, 0.4) is 0 Å². The fourth-order valence-electron chi connectivity index (χ4n) is 1.16. The number of thioether (sulfide) groups is 1. The van der Waals surface area contributed by atoms with Crippen molar-refractivity contribution in [1.82, 2.24) is 0 Å². The number of hydrogen-bond acceptors (Lipinski definition) is 2. The first kappa shape index (κ1) is 10.3. The first-order valence-electron chi connectivity index (χ1n) is 4.46. The standard InChI is InChI=1S/C11H14OS/c1-2-13-9-11(8-12)10-6-4-3-5-7-10/h3-8,11H,2,9H2,1H3/t11-/m0/s1. The van der Waals surface area contributed by atoms with Crippen molar-refractivity contribution in [1.29, 1.82) is 0 Å². The Morgan fingerprint density at radius 3 is 2.62 bits per heavy atom. The normalized spacial score (nSPS) is 12.4. The zero-order valence-electron chi connectivity index (χ0n) is 7.77. The average molecular weight is 194 g/mol. The molecular formula is C11H14OS. The Hall–Kier alpha value is -0.760. The van der Waals surface area contributed by atoms with Crippen LogP contribution in [0, 0.1) is 0 Å². The van der Waals surface area contributed by atoms with Crippen LogP contribution in [0.1, 0.15) is 18.4 Å². The topological polar surface area (TPSA) is 17.1 Å². The summed E-state index contributed by atoms with van der Waals surface area (Å²) in [6.45, 7) is 2.11. The molecule has 0 spiro atoms. The fraction of sp³-hybridized carbons (Fsp3) is 0.364. The molecule has 0 amide bonds. The third-order valence-corrected chi connectivity index (χ3v) is 2.90. The van der Waals surface area contributed by atoms with Gasteiger partial charge < -0.3 is 4.79 Å². The van der Waals surface area contributed by atoms with E-state index < -0.39 is 0 Å². The molecule has 1 atom stereocenters. The SMILES string of the molecule is CCSC[C@H](C=O)c1ccccc1. The van der Waals surface area contributed by atoms with Gasteiger partial charge in [0.2, 0.25) is 0 Å². The number of carbonyl (C=O) groups is 1. The second-order valence-corrected chi connectivity index (χ2v) is 4.13. The molecule has 0 fully saturated rings. The predicted octanol–water partition coefficient (Wildman–Crippen LogP) is 2.72. The highest BCUT2D eigenvalue weighted by Crippen LogP contribution is 2.18. The van der Waals surface area contributed by atoms with E-state index in [1.54, 1.807) is 11.8 Å². The molecule has 1 aromatic carbocycles. The van der Waals surface area contributed by atoms with Crippen LogP contribution in [0.5, 0.6) is 0 Å². The van der Waals surface area contributed by atoms with E-state index in [-0.39, 0.29) is 5.92 Å². The second kappa shape index (κ2) is 5.81. The monoisotopic (exact) mass is 194 g/mol. The minimum Gasteiger partial charge on any atom is -0.303 e. The van der Waals surface area contributed by atoms with E-state index in [0.29, 0.717) is 0 Å². The molecule has 0 heterocycles. The van der Waals surface area contributed by atoms with Gasteiger partial charge in [0, 0.05) is 11.7 Å². The number of rotatable bonds is 5. The van der Waals surface area contributed by atoms with Gasteiger partial charge in [0.1, 0.15) is 6.29 Å². The van der Waals surface area contributed by atoms with E-state index in [0.717, 1.165) is 23.4 Å². The van der Waals surface area contributed by atoms with E-state index in [9.17, 15) is 4.79 Å². The van der Waals surface area contributed by atoms with E-state index in [1.165, 1.54) is 0 Å². The Bertz CT molecular complexity index is 246. The van der Waals surface area contributed by atoms with Crippen LogP contribution in [-0.4, -0.2) is 17.8 Å². The Kier molecular flexibility index (Phi) is 4.61. The summed E-state index contributed by atoms with van der Waals surface area (Å²) >= 11 is 1.80. The number of aldehydes is 1. The van der Waals surface area contributed by atoms with Crippen molar-refractivity contribution in [2.45, 2.75) is 12.8 Å². The Balaban J connectivity index is 2.61. The molecule has 13 heavy (non-hydrogen) atoms. The Labute approximate surface area is 83.5 Å². The molecule has 0 aliphatic rings. The zero-order valence-corrected chi connectivity index (χ0v) is 8.59. The van der Waals surface area contributed by atoms with Crippen molar-refractivity contribution in [3.8, 4) is 0 Å². The molecule has 1 aromatic rings. The lowest BCUT2D eigenvalue weighted by Crippen LogP contribution is -2.03. The molecular weight excluding hydrogens is 180 g/mol. The van der Waals surface area contributed by atoms with Gasteiger partial charge in [0.25, 0.3) is 0 Å². The zero-order chi connectivity index (χ0) is 9.52. The van der Waals surface area contributed by atoms with Crippen LogP contribution in [-0.2, 0) is 4.79 Å². The van der Waals surface area contributed by atoms with Gasteiger partial charge in [-0.05, 0) is 11.3 Å². The van der Waals surface area contributed by atoms with E-state index in [1.807, 2.05) is 30.3 Å². The highest BCUT2D eigenvalue weighted by molar-refractivity contribution is 7.99. The molecule has 1 nitrogen and oxygen atoms in total. The van der Waals surface area contributed by atoms with Crippen LogP contribution in [0.4, 0.5) is 0 Å². The van der Waals surface area contributed by atoms with Crippen molar-refractivity contribution in [2.24, 2.45) is 0 Å². The van der Waals surface area contributed by atoms with Crippen molar-refractivity contribution in [2.75, 3.05) is 11.5 Å². The van der Waals surface area contributed by atoms with E-state index in [4.69, 9.17) is 0 Å². The first-order valence-corrected chi connectivity index (χ1v) is 5.62. The quantitative estimate of drug-likeness (QED) is 0.670. The number of carbonyl (C=O) groups excluding carboxylic acids is 1. The predicted molar refractivity (Wildman–Crippen MR) is 58.2 cm³/mol. The maximum Gasteiger partial charge on any atom is 0.128 e. The van der Waals surface area contributed by atoms with E-state index in [2.05, 4.69) is 6.92 Å². The lowest BCUT2D eigenvalue weighted by Gasteiger charge is -2.08. The number of hydrogen-bond donors (Lipinski definition) is 0. The van der Waals surface area contributed by atoms with Gasteiger partial charge in [-0.2, -0.15) is 11.8 Å². The number of benzene rings is 1. The molecule has 0 aliphatic carbocycles. The van der Waals surface area contributed by atoms with Crippen LogP contribution >= 0.6 is 11.8 Å². The van der Waals surface area contributed by atoms with Crippen LogP contribution < -0.4 is 0 Å². The van der Waals surface area contributed by atoms with Gasteiger partial charge in [0.15, 0.2) is 0 Å². The highest BCUT2D eigenvalue weighted by Gasteiger charge is 2.08. The summed E-state index contributed by atoms with van der Waals surface area (Å²) in [6, 6.07) is 9.94. The molecule has 0 N–H and O–H groups in total. The maximum absolute atomic E-state index is 10.8. The van der Waals surface area contributed by atoms with Gasteiger partial charge in [-0.25, -0.2) is 0 Å². The molecule has 0 bridgehead atoms. The van der Waals surface area contributed by atoms with Gasteiger partial charge in [-0.1, -0.05) is 37.3 Å². The molecule has 0 saturated carbocycles. The minimum atomic E-state index is 0.0612. The third-order valence-electron chi connectivity index (χ3n) is 1.89. The highest BCUT2D eigenvalue weighted by atomic mass is 32.2. The van der Waals surface area contributed by atoms with Crippen molar-refractivity contribution >= 4 is 18.0 Å². The lowest BCUT2D eigenvalue weighted by atomic mass is 10.0. The Morgan fingerprint density at radius 2 is 2.08 bits per heavy atom. The molecule has 0 saturated heterocycles. The smallest absolute Gasteiger partial charge is 0.128 e. The van der Waals surface area contributed by atoms with Gasteiger partial charge in [-0.3, -0.25) is 0 Å². The van der Waals surface area contributed by atoms with Crippen molar-refractivity contribution < 1.29 is 4.79 Å². The molecule has 0 aliphatic heterocycles. The van der Waals surface area contributed by atoms with E-state index >= 15 is 0 Å². The lowest BCUT2D eigenvalue weighted by molar-refractivity contribution is -0.108. The van der Waals surface area contributed by atoms with Crippen LogP contribution in [0.2, 0.25) is 0 Å². The molecule has 70 valence electrons. The summed E-state index contributed by atoms with van der Waals surface area (Å²) in [4.78, 5) is 10.8. The summed E-state index contributed by atoms with van der Waals surface area (Å²) in [6.07, 6.45) is 1.04. The summed E-state index contributed by atoms with van der Waals surface area (Å²) in [5, 5.41) is 0. The molecule has 2 heteroatoms. The van der Waals surface area contributed by atoms with Gasteiger partial charge in [-0.15, -0.1) is 0 Å². The summed E-state index contributed by atoms with van der Waals surface area (Å²) in [7, 11) is 0.